The van der Waals surface area contributed by atoms with Gasteiger partial charge in [0.2, 0.25) is 0 Å². The van der Waals surface area contributed by atoms with E-state index in [-0.39, 0.29) is 29.9 Å². The van der Waals surface area contributed by atoms with Crippen LogP contribution in [-0.4, -0.2) is 52.0 Å². The summed E-state index contributed by atoms with van der Waals surface area (Å²) in [5.74, 6) is -1.47. The number of nitrogens with one attached hydrogen (secondary N) is 1. The minimum absolute atomic E-state index is 0.0493. The molecule has 0 aromatic rings. The highest BCUT2D eigenvalue weighted by atomic mass is 16.2. The molecule has 166 valence electrons. The number of barbiturate groups is 1. The lowest BCUT2D eigenvalue weighted by molar-refractivity contribution is -0.501. The van der Waals surface area contributed by atoms with E-state index in [4.69, 9.17) is 0 Å². The average Bonchev–Trinajstić information content (AvgIpc) is 3.04. The van der Waals surface area contributed by atoms with Crippen LogP contribution < -0.4 is 4.99 Å². The first-order chi connectivity index (χ1) is 14.7. The molecular weight excluding hydrogens is 378 g/mol. The van der Waals surface area contributed by atoms with Crippen molar-refractivity contribution in [2.75, 3.05) is 0 Å². The largest absolute Gasteiger partial charge is 0.333 e. The van der Waals surface area contributed by atoms with Gasteiger partial charge >= 0.3 is 6.03 Å². The highest BCUT2D eigenvalue weighted by Crippen LogP contribution is 2.32. The second-order valence-corrected chi connectivity index (χ2v) is 9.78. The molecule has 0 atom stereocenters. The lowest BCUT2D eigenvalue weighted by Gasteiger charge is -2.44. The van der Waals surface area contributed by atoms with Gasteiger partial charge < -0.3 is 0 Å². The Kier molecular flexibility index (Phi) is 7.21. The summed E-state index contributed by atoms with van der Waals surface area (Å²) in [5, 5.41) is 0. The zero-order chi connectivity index (χ0) is 20.9. The predicted octanol–water partition coefficient (Wildman–Crippen LogP) is 2.93. The van der Waals surface area contributed by atoms with Gasteiger partial charge in [0.15, 0.2) is 12.1 Å². The topological polar surface area (TPSA) is 71.7 Å². The molecule has 30 heavy (non-hydrogen) atoms. The molecule has 4 aliphatic rings. The molecule has 0 bridgehead atoms. The molecule has 4 amide bonds. The summed E-state index contributed by atoms with van der Waals surface area (Å²) in [7, 11) is 0. The van der Waals surface area contributed by atoms with Gasteiger partial charge in [-0.2, -0.15) is 0 Å². The molecule has 1 aliphatic heterocycles. The predicted molar refractivity (Wildman–Crippen MR) is 115 cm³/mol. The maximum atomic E-state index is 13.4. The first kappa shape index (κ1) is 21.5. The van der Waals surface area contributed by atoms with E-state index < -0.39 is 5.92 Å². The fraction of sp³-hybridized carbons (Fsp3) is 0.833. The van der Waals surface area contributed by atoms with Crippen LogP contribution in [0.3, 0.4) is 0 Å². The number of carbonyl (C=O) groups is 3. The van der Waals surface area contributed by atoms with Crippen LogP contribution in [-0.2, 0) is 9.59 Å². The van der Waals surface area contributed by atoms with Crippen molar-refractivity contribution in [3.63, 3.8) is 0 Å². The molecule has 0 unspecified atom stereocenters. The Morgan fingerprint density at radius 2 is 1.00 bits per heavy atom. The zero-order valence-electron chi connectivity index (χ0n) is 18.3. The summed E-state index contributed by atoms with van der Waals surface area (Å²) in [6.45, 7) is 0. The minimum Gasteiger partial charge on any atom is -0.273 e. The van der Waals surface area contributed by atoms with Crippen molar-refractivity contribution < 1.29 is 19.4 Å². The number of carbonyl (C=O) groups excluding carboxylic acids is 3. The Morgan fingerprint density at radius 1 is 0.600 bits per heavy atom. The summed E-state index contributed by atoms with van der Waals surface area (Å²) in [5.41, 5.74) is 0. The van der Waals surface area contributed by atoms with Crippen molar-refractivity contribution in [3.05, 3.63) is 0 Å². The number of imide groups is 2. The van der Waals surface area contributed by atoms with E-state index in [1.165, 1.54) is 35.5 Å². The van der Waals surface area contributed by atoms with Crippen molar-refractivity contribution in [1.82, 2.24) is 9.80 Å². The number of hydrogen-bond acceptors (Lipinski definition) is 3. The highest BCUT2D eigenvalue weighted by Gasteiger charge is 2.51. The third-order valence-electron chi connectivity index (χ3n) is 7.65. The second-order valence-electron chi connectivity index (χ2n) is 9.78. The fourth-order valence-corrected chi connectivity index (χ4v) is 5.88. The Morgan fingerprint density at radius 3 is 1.47 bits per heavy atom. The number of amides is 4. The highest BCUT2D eigenvalue weighted by molar-refractivity contribution is 6.23. The van der Waals surface area contributed by atoms with Crippen LogP contribution in [0.25, 0.3) is 0 Å². The smallest absolute Gasteiger partial charge is 0.273 e. The van der Waals surface area contributed by atoms with Gasteiger partial charge in [-0.05, 0) is 38.5 Å². The lowest BCUT2D eigenvalue weighted by atomic mass is 9.89. The SMILES string of the molecule is O=C1C(C=[NH+]C2CCCCCC2)C(=O)N(C2CCCCC2)C(=O)N1C1CCCCC1. The van der Waals surface area contributed by atoms with Crippen molar-refractivity contribution in [1.29, 1.82) is 0 Å². The number of nitrogens with zero attached hydrogens (tertiary/aromatic N) is 2. The molecule has 6 heteroatoms. The van der Waals surface area contributed by atoms with E-state index in [9.17, 15) is 14.4 Å². The van der Waals surface area contributed by atoms with E-state index in [2.05, 4.69) is 4.99 Å². The molecule has 1 N–H and O–H groups in total. The Labute approximate surface area is 180 Å². The Hall–Kier alpha value is -1.72. The molecule has 4 fully saturated rings. The molecule has 4 rings (SSSR count). The van der Waals surface area contributed by atoms with E-state index >= 15 is 0 Å². The van der Waals surface area contributed by atoms with E-state index in [1.54, 1.807) is 6.21 Å². The molecule has 0 radical (unpaired) electrons. The van der Waals surface area contributed by atoms with Gasteiger partial charge in [-0.25, -0.2) is 9.79 Å². The van der Waals surface area contributed by atoms with Gasteiger partial charge in [0.05, 0.1) is 0 Å². The monoisotopic (exact) mass is 416 g/mol. The quantitative estimate of drug-likeness (QED) is 0.435. The standard InChI is InChI=1S/C24H37N3O3/c28-22-21(17-25-18-11-5-1-2-6-12-18)23(29)27(20-15-9-4-10-16-20)24(30)26(22)19-13-7-3-8-14-19/h17-21H,1-16H2/p+1. The molecule has 3 saturated carbocycles. The van der Waals surface area contributed by atoms with E-state index in [0.717, 1.165) is 77.0 Å². The number of rotatable bonds is 4. The van der Waals surface area contributed by atoms with Crippen molar-refractivity contribution in [2.24, 2.45) is 5.92 Å². The van der Waals surface area contributed by atoms with Gasteiger partial charge in [-0.15, -0.1) is 0 Å². The Bertz CT molecular complexity index is 617. The fourth-order valence-electron chi connectivity index (χ4n) is 5.88. The van der Waals surface area contributed by atoms with E-state index in [0.29, 0.717) is 6.04 Å². The number of hydrogen-bond donors (Lipinski definition) is 1. The lowest BCUT2D eigenvalue weighted by Crippen LogP contribution is -2.79. The molecule has 1 heterocycles. The molecular formula is C24H38N3O3+. The van der Waals surface area contributed by atoms with E-state index in [1.807, 2.05) is 0 Å². The summed E-state index contributed by atoms with van der Waals surface area (Å²) >= 11 is 0. The third kappa shape index (κ3) is 4.62. The molecule has 0 aromatic carbocycles. The zero-order valence-corrected chi connectivity index (χ0v) is 18.3. The third-order valence-corrected chi connectivity index (χ3v) is 7.65. The number of urea groups is 1. The molecule has 6 nitrogen and oxygen atoms in total. The van der Waals surface area contributed by atoms with Gasteiger partial charge in [0, 0.05) is 24.9 Å². The van der Waals surface area contributed by atoms with Crippen LogP contribution in [0.15, 0.2) is 0 Å². The van der Waals surface area contributed by atoms with Crippen molar-refractivity contribution in [2.45, 2.75) is 121 Å². The Balaban J connectivity index is 1.58. The normalized spacial score (nSPS) is 27.3. The van der Waals surface area contributed by atoms with Crippen LogP contribution in [0.4, 0.5) is 4.79 Å². The summed E-state index contributed by atoms with van der Waals surface area (Å²) < 4.78 is 0. The molecule has 3 aliphatic carbocycles. The average molecular weight is 417 g/mol. The first-order valence-corrected chi connectivity index (χ1v) is 12.5. The summed E-state index contributed by atoms with van der Waals surface area (Å²) in [6.07, 6.45) is 18.8. The van der Waals surface area contributed by atoms with Gasteiger partial charge in [-0.3, -0.25) is 19.4 Å². The molecule has 1 saturated heterocycles. The minimum atomic E-state index is -0.866. The van der Waals surface area contributed by atoms with Crippen LogP contribution in [0.1, 0.15) is 103 Å². The van der Waals surface area contributed by atoms with Crippen molar-refractivity contribution >= 4 is 24.1 Å². The maximum Gasteiger partial charge on any atom is 0.333 e. The van der Waals surface area contributed by atoms with Gasteiger partial charge in [0.25, 0.3) is 11.8 Å². The first-order valence-electron chi connectivity index (χ1n) is 12.5. The van der Waals surface area contributed by atoms with Crippen LogP contribution in [0.5, 0.6) is 0 Å². The summed E-state index contributed by atoms with van der Waals surface area (Å²) in [6, 6.07) is -0.113. The van der Waals surface area contributed by atoms with Crippen LogP contribution >= 0.6 is 0 Å². The maximum absolute atomic E-state index is 13.4. The van der Waals surface area contributed by atoms with Crippen LogP contribution in [0.2, 0.25) is 0 Å². The van der Waals surface area contributed by atoms with Gasteiger partial charge in [0.1, 0.15) is 6.04 Å². The second kappa shape index (κ2) is 10.1. The molecule has 0 spiro atoms. The van der Waals surface area contributed by atoms with Crippen LogP contribution in [0, 0.1) is 5.92 Å². The summed E-state index contributed by atoms with van der Waals surface area (Å²) in [4.78, 5) is 46.6. The van der Waals surface area contributed by atoms with Gasteiger partial charge in [-0.1, -0.05) is 51.4 Å². The molecule has 0 aromatic heterocycles. The van der Waals surface area contributed by atoms with Crippen molar-refractivity contribution in [3.8, 4) is 0 Å².